The van der Waals surface area contributed by atoms with Crippen molar-refractivity contribution in [3.63, 3.8) is 0 Å². The maximum absolute atomic E-state index is 4.46. The van der Waals surface area contributed by atoms with Gasteiger partial charge in [0.1, 0.15) is 5.01 Å². The summed E-state index contributed by atoms with van der Waals surface area (Å²) in [7, 11) is 1.83. The van der Waals surface area contributed by atoms with Crippen LogP contribution in [0, 0.1) is 6.92 Å². The first-order valence-corrected chi connectivity index (χ1v) is 10.2. The zero-order valence-corrected chi connectivity index (χ0v) is 16.8. The molecule has 0 saturated carbocycles. The molecule has 0 spiro atoms. The average Bonchev–Trinajstić information content (AvgIpc) is 3.14. The summed E-state index contributed by atoms with van der Waals surface area (Å²) in [5, 5.41) is 8.09. The van der Waals surface area contributed by atoms with Gasteiger partial charge in [-0.3, -0.25) is 4.99 Å². The Morgan fingerprint density at radius 1 is 1.35 bits per heavy atom. The molecule has 1 aliphatic rings. The molecule has 1 saturated heterocycles. The second-order valence-electron chi connectivity index (χ2n) is 6.76. The minimum atomic E-state index is 0.402. The largest absolute Gasteiger partial charge is 0.369 e. The minimum Gasteiger partial charge on any atom is -0.369 e. The zero-order valence-electron chi connectivity index (χ0n) is 16.0. The van der Waals surface area contributed by atoms with E-state index >= 15 is 0 Å². The van der Waals surface area contributed by atoms with Gasteiger partial charge in [-0.1, -0.05) is 24.6 Å². The molecule has 1 aromatic carbocycles. The number of hydrogen-bond donors (Lipinski definition) is 2. The van der Waals surface area contributed by atoms with E-state index in [1.165, 1.54) is 29.0 Å². The Labute approximate surface area is 160 Å². The summed E-state index contributed by atoms with van der Waals surface area (Å²) >= 11 is 1.77. The SMILES string of the molecule is CCc1cnc(CNC(=NC)NC2CCCN(c3ccc(C)cc3)C2)s1. The molecule has 5 nitrogen and oxygen atoms in total. The second-order valence-corrected chi connectivity index (χ2v) is 7.96. The van der Waals surface area contributed by atoms with Crippen molar-refractivity contribution >= 4 is 23.0 Å². The molecule has 2 N–H and O–H groups in total. The van der Waals surface area contributed by atoms with Gasteiger partial charge in [0.25, 0.3) is 0 Å². The molecule has 1 fully saturated rings. The third-order valence-electron chi connectivity index (χ3n) is 4.74. The van der Waals surface area contributed by atoms with E-state index in [4.69, 9.17) is 0 Å². The van der Waals surface area contributed by atoms with Crippen LogP contribution in [0.4, 0.5) is 5.69 Å². The highest BCUT2D eigenvalue weighted by molar-refractivity contribution is 7.11. The van der Waals surface area contributed by atoms with Gasteiger partial charge in [-0.25, -0.2) is 4.98 Å². The predicted octanol–water partition coefficient (Wildman–Crippen LogP) is 3.35. The molecular formula is C20H29N5S. The van der Waals surface area contributed by atoms with Crippen molar-refractivity contribution < 1.29 is 0 Å². The molecule has 0 radical (unpaired) electrons. The van der Waals surface area contributed by atoms with Crippen molar-refractivity contribution in [2.45, 2.75) is 45.7 Å². The van der Waals surface area contributed by atoms with E-state index in [2.05, 4.69) is 63.6 Å². The molecule has 6 heteroatoms. The molecule has 140 valence electrons. The molecule has 2 aromatic rings. The quantitative estimate of drug-likeness (QED) is 0.625. The highest BCUT2D eigenvalue weighted by atomic mass is 32.1. The molecule has 26 heavy (non-hydrogen) atoms. The lowest BCUT2D eigenvalue weighted by Crippen LogP contribution is -2.51. The number of benzene rings is 1. The highest BCUT2D eigenvalue weighted by Crippen LogP contribution is 2.20. The van der Waals surface area contributed by atoms with E-state index in [1.54, 1.807) is 11.3 Å². The number of guanidine groups is 1. The van der Waals surface area contributed by atoms with Gasteiger partial charge in [0.15, 0.2) is 5.96 Å². The summed E-state index contributed by atoms with van der Waals surface area (Å²) in [5.74, 6) is 0.856. The van der Waals surface area contributed by atoms with Crippen molar-refractivity contribution in [1.82, 2.24) is 15.6 Å². The molecule has 1 unspecified atom stereocenters. The number of thiazole rings is 1. The van der Waals surface area contributed by atoms with Crippen LogP contribution in [0.1, 0.15) is 35.2 Å². The Morgan fingerprint density at radius 3 is 2.85 bits per heavy atom. The van der Waals surface area contributed by atoms with Crippen molar-refractivity contribution in [3.8, 4) is 0 Å². The Bertz CT molecular complexity index is 722. The van der Waals surface area contributed by atoms with E-state index in [0.717, 1.165) is 37.0 Å². The fourth-order valence-corrected chi connectivity index (χ4v) is 4.03. The molecule has 1 aliphatic heterocycles. The number of aliphatic imine (C=N–C) groups is 1. The van der Waals surface area contributed by atoms with Crippen LogP contribution in [0.5, 0.6) is 0 Å². The third-order valence-corrected chi connectivity index (χ3v) is 5.88. The fourth-order valence-electron chi connectivity index (χ4n) is 3.23. The summed E-state index contributed by atoms with van der Waals surface area (Å²) in [5.41, 5.74) is 2.61. The van der Waals surface area contributed by atoms with Gasteiger partial charge in [0.2, 0.25) is 0 Å². The fraction of sp³-hybridized carbons (Fsp3) is 0.500. The van der Waals surface area contributed by atoms with Crippen LogP contribution in [0.25, 0.3) is 0 Å². The monoisotopic (exact) mass is 371 g/mol. The van der Waals surface area contributed by atoms with Crippen molar-refractivity contribution in [3.05, 3.63) is 45.9 Å². The van der Waals surface area contributed by atoms with Crippen LogP contribution in [0.15, 0.2) is 35.5 Å². The van der Waals surface area contributed by atoms with Crippen molar-refractivity contribution in [2.24, 2.45) is 4.99 Å². The van der Waals surface area contributed by atoms with Gasteiger partial charge < -0.3 is 15.5 Å². The third kappa shape index (κ3) is 4.97. The second kappa shape index (κ2) is 9.03. The molecule has 2 heterocycles. The standard InChI is InChI=1S/C20H29N5S/c1-4-18-12-22-19(26-18)13-23-20(21-3)24-16-6-5-11-25(14-16)17-9-7-15(2)8-10-17/h7-10,12,16H,4-6,11,13-14H2,1-3H3,(H2,21,23,24). The highest BCUT2D eigenvalue weighted by Gasteiger charge is 2.21. The maximum atomic E-state index is 4.46. The van der Waals surface area contributed by atoms with Gasteiger partial charge in [0, 0.05) is 42.9 Å². The molecule has 0 bridgehead atoms. The lowest BCUT2D eigenvalue weighted by molar-refractivity contribution is 0.468. The Kier molecular flexibility index (Phi) is 6.50. The Hall–Kier alpha value is -2.08. The van der Waals surface area contributed by atoms with Crippen LogP contribution in [0.3, 0.4) is 0 Å². The number of aromatic nitrogens is 1. The van der Waals surface area contributed by atoms with Gasteiger partial charge in [0.05, 0.1) is 6.54 Å². The number of nitrogens with one attached hydrogen (secondary N) is 2. The van der Waals surface area contributed by atoms with Crippen LogP contribution in [0.2, 0.25) is 0 Å². The summed E-state index contributed by atoms with van der Waals surface area (Å²) in [4.78, 5) is 12.6. The number of hydrogen-bond acceptors (Lipinski definition) is 4. The summed E-state index contributed by atoms with van der Waals surface area (Å²) in [6.45, 7) is 7.13. The first-order chi connectivity index (χ1) is 12.7. The van der Waals surface area contributed by atoms with Gasteiger partial charge >= 0.3 is 0 Å². The molecule has 1 atom stereocenters. The molecule has 1 aromatic heterocycles. The number of nitrogens with zero attached hydrogens (tertiary/aromatic N) is 3. The first-order valence-electron chi connectivity index (χ1n) is 9.40. The molecule has 0 aliphatic carbocycles. The molecular weight excluding hydrogens is 342 g/mol. The zero-order chi connectivity index (χ0) is 18.4. The summed E-state index contributed by atoms with van der Waals surface area (Å²) < 4.78 is 0. The van der Waals surface area contributed by atoms with Crippen LogP contribution >= 0.6 is 11.3 Å². The molecule has 0 amide bonds. The van der Waals surface area contributed by atoms with Gasteiger partial charge in [-0.2, -0.15) is 0 Å². The summed E-state index contributed by atoms with van der Waals surface area (Å²) in [6, 6.07) is 9.22. The van der Waals surface area contributed by atoms with Crippen molar-refractivity contribution in [1.29, 1.82) is 0 Å². The van der Waals surface area contributed by atoms with Gasteiger partial charge in [-0.15, -0.1) is 11.3 Å². The number of rotatable bonds is 5. The Morgan fingerprint density at radius 2 is 2.15 bits per heavy atom. The van der Waals surface area contributed by atoms with Gasteiger partial charge in [-0.05, 0) is 38.3 Å². The van der Waals surface area contributed by atoms with Crippen LogP contribution < -0.4 is 15.5 Å². The van der Waals surface area contributed by atoms with Crippen LogP contribution in [-0.4, -0.2) is 37.1 Å². The normalized spacial score (nSPS) is 18.0. The minimum absolute atomic E-state index is 0.402. The number of aryl methyl sites for hydroxylation is 2. The Balaban J connectivity index is 1.53. The predicted molar refractivity (Wildman–Crippen MR) is 111 cm³/mol. The molecule has 3 rings (SSSR count). The van der Waals surface area contributed by atoms with E-state index in [0.29, 0.717) is 6.04 Å². The first kappa shape index (κ1) is 18.7. The lowest BCUT2D eigenvalue weighted by atomic mass is 10.0. The lowest BCUT2D eigenvalue weighted by Gasteiger charge is -2.35. The van der Waals surface area contributed by atoms with E-state index in [9.17, 15) is 0 Å². The van der Waals surface area contributed by atoms with E-state index in [-0.39, 0.29) is 0 Å². The maximum Gasteiger partial charge on any atom is 0.191 e. The topological polar surface area (TPSA) is 52.6 Å². The average molecular weight is 372 g/mol. The van der Waals surface area contributed by atoms with Crippen LogP contribution in [-0.2, 0) is 13.0 Å². The van der Waals surface area contributed by atoms with E-state index < -0.39 is 0 Å². The number of anilines is 1. The number of piperidine rings is 1. The summed E-state index contributed by atoms with van der Waals surface area (Å²) in [6.07, 6.45) is 5.37. The smallest absolute Gasteiger partial charge is 0.191 e. The van der Waals surface area contributed by atoms with E-state index in [1.807, 2.05) is 13.2 Å². The van der Waals surface area contributed by atoms with Crippen molar-refractivity contribution in [2.75, 3.05) is 25.0 Å².